The summed E-state index contributed by atoms with van der Waals surface area (Å²) in [6.07, 6.45) is 6.12. The second-order valence-corrected chi connectivity index (χ2v) is 13.1. The van der Waals surface area contributed by atoms with Crippen molar-refractivity contribution >= 4 is 45.7 Å². The molecular formula is C36H39N7O4. The quantitative estimate of drug-likeness (QED) is 0.321. The second-order valence-electron chi connectivity index (χ2n) is 13.1. The summed E-state index contributed by atoms with van der Waals surface area (Å²) in [5.41, 5.74) is 5.68. The maximum Gasteiger partial charge on any atom is 0.259 e. The summed E-state index contributed by atoms with van der Waals surface area (Å²) in [5.74, 6) is -0.0130. The zero-order chi connectivity index (χ0) is 33.0. The minimum atomic E-state index is -0.606. The van der Waals surface area contributed by atoms with Crippen molar-refractivity contribution in [1.29, 1.82) is 0 Å². The molecule has 2 aromatic heterocycles. The molecule has 0 spiro atoms. The number of nitrogens with one attached hydrogen (secondary N) is 1. The highest BCUT2D eigenvalue weighted by Gasteiger charge is 2.39. The highest BCUT2D eigenvalue weighted by molar-refractivity contribution is 6.05. The number of piperidine rings is 2. The molecule has 4 aromatic rings. The average Bonchev–Trinajstić information content (AvgIpc) is 3.41. The van der Waals surface area contributed by atoms with Gasteiger partial charge in [0.1, 0.15) is 11.9 Å². The van der Waals surface area contributed by atoms with Gasteiger partial charge in [0.25, 0.3) is 11.5 Å². The zero-order valence-electron chi connectivity index (χ0n) is 27.2. The van der Waals surface area contributed by atoms with Gasteiger partial charge in [-0.2, -0.15) is 0 Å². The van der Waals surface area contributed by atoms with E-state index in [4.69, 9.17) is 0 Å². The van der Waals surface area contributed by atoms with Crippen LogP contribution in [-0.4, -0.2) is 78.5 Å². The van der Waals surface area contributed by atoms with E-state index in [1.807, 2.05) is 43.4 Å². The fourth-order valence-electron chi connectivity index (χ4n) is 7.16. The highest BCUT2D eigenvalue weighted by Crippen LogP contribution is 2.34. The Balaban J connectivity index is 1.03. The van der Waals surface area contributed by atoms with Gasteiger partial charge in [-0.15, -0.1) is 0 Å². The first-order valence-corrected chi connectivity index (χ1v) is 16.1. The van der Waals surface area contributed by atoms with Crippen molar-refractivity contribution in [1.82, 2.24) is 19.8 Å². The van der Waals surface area contributed by atoms with Crippen molar-refractivity contribution in [3.05, 3.63) is 82.4 Å². The molecule has 11 heteroatoms. The molecular weight excluding hydrogens is 594 g/mol. The van der Waals surface area contributed by atoms with Crippen LogP contribution in [0, 0.1) is 0 Å². The Hall–Kier alpha value is -5.19. The summed E-state index contributed by atoms with van der Waals surface area (Å²) in [4.78, 5) is 62.9. The summed E-state index contributed by atoms with van der Waals surface area (Å²) in [7, 11) is 7.80. The van der Waals surface area contributed by atoms with E-state index >= 15 is 0 Å². The van der Waals surface area contributed by atoms with Crippen LogP contribution in [0.25, 0.3) is 21.9 Å². The van der Waals surface area contributed by atoms with E-state index in [0.717, 1.165) is 65.2 Å². The molecule has 2 saturated heterocycles. The van der Waals surface area contributed by atoms with Gasteiger partial charge in [-0.25, -0.2) is 4.98 Å². The molecule has 3 aliphatic heterocycles. The SMILES string of the molecule is CN(C)c1cc2c(-c3ccc(N(C)C4CCN(c5ccc6c(c5)C(=O)N(C5CCC(=O)NC5=O)C6)CC4)cc3)cn(C)c(=O)c2cn1. The molecule has 0 bridgehead atoms. The van der Waals surface area contributed by atoms with Crippen LogP contribution in [0.1, 0.15) is 41.6 Å². The molecule has 11 nitrogen and oxygen atoms in total. The third kappa shape index (κ3) is 5.49. The van der Waals surface area contributed by atoms with Crippen LogP contribution in [0.15, 0.2) is 65.7 Å². The van der Waals surface area contributed by atoms with E-state index in [1.165, 1.54) is 0 Å². The van der Waals surface area contributed by atoms with Crippen molar-refractivity contribution in [2.75, 3.05) is 48.9 Å². The number of carbonyl (C=O) groups excluding carboxylic acids is 3. The van der Waals surface area contributed by atoms with Crippen molar-refractivity contribution in [2.45, 2.75) is 44.3 Å². The number of aryl methyl sites for hydroxylation is 1. The van der Waals surface area contributed by atoms with Crippen molar-refractivity contribution < 1.29 is 14.4 Å². The van der Waals surface area contributed by atoms with Crippen LogP contribution in [0.4, 0.5) is 17.2 Å². The average molecular weight is 634 g/mol. The Bertz CT molecular complexity index is 1960. The number of pyridine rings is 2. The summed E-state index contributed by atoms with van der Waals surface area (Å²) < 4.78 is 1.62. The molecule has 0 radical (unpaired) electrons. The van der Waals surface area contributed by atoms with Gasteiger partial charge in [0.15, 0.2) is 0 Å². The Morgan fingerprint density at radius 1 is 0.872 bits per heavy atom. The summed E-state index contributed by atoms with van der Waals surface area (Å²) in [6, 6.07) is 16.3. The first-order chi connectivity index (χ1) is 22.6. The van der Waals surface area contributed by atoms with Gasteiger partial charge in [0.05, 0.1) is 5.39 Å². The fraction of sp³-hybridized carbons (Fsp3) is 0.361. The Morgan fingerprint density at radius 3 is 2.32 bits per heavy atom. The molecule has 1 unspecified atom stereocenters. The molecule has 2 aromatic carbocycles. The summed E-state index contributed by atoms with van der Waals surface area (Å²) in [5, 5.41) is 3.85. The van der Waals surface area contributed by atoms with Gasteiger partial charge in [0, 0.05) is 101 Å². The summed E-state index contributed by atoms with van der Waals surface area (Å²) >= 11 is 0. The third-order valence-electron chi connectivity index (χ3n) is 9.99. The second kappa shape index (κ2) is 11.9. The number of benzene rings is 2. The molecule has 3 amide bonds. The number of amides is 3. The number of rotatable bonds is 6. The number of imide groups is 1. The van der Waals surface area contributed by atoms with Crippen LogP contribution in [0.3, 0.4) is 0 Å². The molecule has 47 heavy (non-hydrogen) atoms. The monoisotopic (exact) mass is 633 g/mol. The van der Waals surface area contributed by atoms with Gasteiger partial charge < -0.3 is 24.2 Å². The van der Waals surface area contributed by atoms with Crippen LogP contribution < -0.4 is 25.6 Å². The molecule has 5 heterocycles. The number of carbonyl (C=O) groups is 3. The predicted molar refractivity (Wildman–Crippen MR) is 183 cm³/mol. The largest absolute Gasteiger partial charge is 0.371 e. The van der Waals surface area contributed by atoms with E-state index in [-0.39, 0.29) is 29.7 Å². The lowest BCUT2D eigenvalue weighted by molar-refractivity contribution is -0.136. The van der Waals surface area contributed by atoms with Gasteiger partial charge >= 0.3 is 0 Å². The highest BCUT2D eigenvalue weighted by atomic mass is 16.2. The number of nitrogens with zero attached hydrogens (tertiary/aromatic N) is 6. The predicted octanol–water partition coefficient (Wildman–Crippen LogP) is 3.53. The number of anilines is 3. The smallest absolute Gasteiger partial charge is 0.259 e. The van der Waals surface area contributed by atoms with Crippen molar-refractivity contribution in [2.24, 2.45) is 7.05 Å². The number of hydrogen-bond donors (Lipinski definition) is 1. The van der Waals surface area contributed by atoms with Gasteiger partial charge in [-0.3, -0.25) is 24.5 Å². The van der Waals surface area contributed by atoms with Gasteiger partial charge in [-0.05, 0) is 60.7 Å². The lowest BCUT2D eigenvalue weighted by Crippen LogP contribution is -2.52. The lowest BCUT2D eigenvalue weighted by atomic mass is 9.99. The van der Waals surface area contributed by atoms with Crippen LogP contribution >= 0.6 is 0 Å². The standard InChI is InChI=1S/C36H39N7O4/c1-39(2)32-18-28-29(19-37-32)35(46)40(3)21-30(28)22-5-8-24(9-6-22)41(4)25-13-15-42(16-14-25)26-10-7-23-20-43(36(47)27(23)17-26)31-11-12-33(44)38-34(31)45/h5-10,17-19,21,25,31H,11-16,20H2,1-4H3,(H,38,44,45). The Kier molecular flexibility index (Phi) is 7.69. The molecule has 1 N–H and O–H groups in total. The summed E-state index contributed by atoms with van der Waals surface area (Å²) in [6.45, 7) is 2.12. The lowest BCUT2D eigenvalue weighted by Gasteiger charge is -2.39. The molecule has 0 saturated carbocycles. The van der Waals surface area contributed by atoms with Crippen LogP contribution in [-0.2, 0) is 23.2 Å². The van der Waals surface area contributed by atoms with Gasteiger partial charge in [-0.1, -0.05) is 18.2 Å². The fourth-order valence-corrected chi connectivity index (χ4v) is 7.16. The molecule has 3 aliphatic rings. The topological polar surface area (TPSA) is 111 Å². The molecule has 0 aliphatic carbocycles. The van der Waals surface area contributed by atoms with Crippen LogP contribution in [0.2, 0.25) is 0 Å². The number of aromatic nitrogens is 2. The van der Waals surface area contributed by atoms with E-state index in [2.05, 4.69) is 57.5 Å². The third-order valence-corrected chi connectivity index (χ3v) is 9.99. The van der Waals surface area contributed by atoms with E-state index in [9.17, 15) is 19.2 Å². The first-order valence-electron chi connectivity index (χ1n) is 16.1. The molecule has 7 rings (SSSR count). The minimum absolute atomic E-state index is 0.0649. The maximum absolute atomic E-state index is 13.3. The molecule has 1 atom stereocenters. The Morgan fingerprint density at radius 2 is 1.62 bits per heavy atom. The molecule has 2 fully saturated rings. The number of hydrogen-bond acceptors (Lipinski definition) is 8. The minimum Gasteiger partial charge on any atom is -0.371 e. The maximum atomic E-state index is 13.3. The van der Waals surface area contributed by atoms with E-state index < -0.39 is 6.04 Å². The van der Waals surface area contributed by atoms with Crippen molar-refractivity contribution in [3.63, 3.8) is 0 Å². The van der Waals surface area contributed by atoms with Crippen molar-refractivity contribution in [3.8, 4) is 11.1 Å². The Labute approximate surface area is 273 Å². The zero-order valence-corrected chi connectivity index (χ0v) is 27.2. The van der Waals surface area contributed by atoms with E-state index in [0.29, 0.717) is 30.0 Å². The number of fused-ring (bicyclic) bond motifs is 2. The normalized spacial score (nSPS) is 18.5. The van der Waals surface area contributed by atoms with Crippen LogP contribution in [0.5, 0.6) is 0 Å². The van der Waals surface area contributed by atoms with E-state index in [1.54, 1.807) is 22.7 Å². The first kappa shape index (κ1) is 30.5. The molecule has 242 valence electrons. The van der Waals surface area contributed by atoms with Gasteiger partial charge in [0.2, 0.25) is 11.8 Å².